The Hall–Kier alpha value is -3.05. The smallest absolute Gasteiger partial charge is 0.276 e. The van der Waals surface area contributed by atoms with Crippen molar-refractivity contribution < 1.29 is 23.4 Å². The molecule has 0 saturated heterocycles. The number of nitrogens with zero attached hydrogens (tertiary/aromatic N) is 5. The quantitative estimate of drug-likeness (QED) is 0.611. The number of rotatable bonds is 5. The van der Waals surface area contributed by atoms with Gasteiger partial charge in [0.1, 0.15) is 0 Å². The summed E-state index contributed by atoms with van der Waals surface area (Å²) in [6, 6.07) is 3.61. The Bertz CT molecular complexity index is 941. The second kappa shape index (κ2) is 6.93. The summed E-state index contributed by atoms with van der Waals surface area (Å²) in [4.78, 5) is 9.41. The molecule has 2 unspecified atom stereocenters. The average molecular weight is 380 g/mol. The van der Waals surface area contributed by atoms with Crippen LogP contribution in [0.4, 0.5) is 19.0 Å². The highest BCUT2D eigenvalue weighted by Gasteiger charge is 2.47. The molecular weight excluding hydrogens is 365 g/mol. The molecule has 4 N–H and O–H groups in total. The lowest BCUT2D eigenvalue weighted by Crippen LogP contribution is -2.43. The molecule has 3 rings (SSSR count). The SMILES string of the molecule is Cc1ccc(C(O)(C(O)F)C(F)F)cc1-c1cnc(N)c(-n2nccn2)n1. The van der Waals surface area contributed by atoms with E-state index in [4.69, 9.17) is 10.8 Å². The summed E-state index contributed by atoms with van der Waals surface area (Å²) in [6.45, 7) is 1.66. The van der Waals surface area contributed by atoms with Crippen molar-refractivity contribution in [1.29, 1.82) is 0 Å². The Morgan fingerprint density at radius 3 is 2.44 bits per heavy atom. The molecule has 0 fully saturated rings. The van der Waals surface area contributed by atoms with E-state index in [2.05, 4.69) is 20.2 Å². The van der Waals surface area contributed by atoms with Crippen LogP contribution in [0.3, 0.4) is 0 Å². The molecule has 0 saturated carbocycles. The largest absolute Gasteiger partial charge is 0.380 e. The zero-order chi connectivity index (χ0) is 19.8. The molecule has 0 aliphatic heterocycles. The van der Waals surface area contributed by atoms with E-state index in [1.807, 2.05) is 0 Å². The van der Waals surface area contributed by atoms with Gasteiger partial charge in [0.25, 0.3) is 6.43 Å². The fraction of sp³-hybridized carbons (Fsp3) is 0.250. The van der Waals surface area contributed by atoms with E-state index in [0.29, 0.717) is 5.56 Å². The minimum absolute atomic E-state index is 0.0343. The molecular formula is C16H15F3N6O2. The molecule has 2 aromatic heterocycles. The number of aliphatic hydroxyl groups excluding tert-OH is 1. The standard InChI is InChI=1S/C16H15F3N6O2/c1-8-2-3-9(16(27,14(17)18)15(19)26)6-10(8)11-7-21-12(20)13(24-11)25-22-4-5-23-25/h2-7,14-15,26-27H,1H3,(H2,20,21). The monoisotopic (exact) mass is 380 g/mol. The van der Waals surface area contributed by atoms with Gasteiger partial charge in [0, 0.05) is 5.56 Å². The van der Waals surface area contributed by atoms with E-state index in [9.17, 15) is 18.3 Å². The molecule has 3 aromatic rings. The van der Waals surface area contributed by atoms with Crippen LogP contribution in [0, 0.1) is 6.92 Å². The fourth-order valence-electron chi connectivity index (χ4n) is 2.51. The van der Waals surface area contributed by atoms with Crippen molar-refractivity contribution in [1.82, 2.24) is 25.0 Å². The van der Waals surface area contributed by atoms with Crippen molar-refractivity contribution in [3.05, 3.63) is 47.9 Å². The van der Waals surface area contributed by atoms with Crippen LogP contribution >= 0.6 is 0 Å². The molecule has 2 atom stereocenters. The molecule has 0 radical (unpaired) electrons. The van der Waals surface area contributed by atoms with Crippen LogP contribution in [-0.2, 0) is 5.60 Å². The summed E-state index contributed by atoms with van der Waals surface area (Å²) < 4.78 is 39.9. The predicted molar refractivity (Wildman–Crippen MR) is 88.5 cm³/mol. The summed E-state index contributed by atoms with van der Waals surface area (Å²) in [5, 5.41) is 26.9. The number of aryl methyl sites for hydroxylation is 1. The molecule has 142 valence electrons. The number of nitrogens with two attached hydrogens (primary N) is 1. The van der Waals surface area contributed by atoms with Crippen LogP contribution in [0.5, 0.6) is 0 Å². The Kier molecular flexibility index (Phi) is 4.81. The van der Waals surface area contributed by atoms with E-state index in [1.165, 1.54) is 24.7 Å². The summed E-state index contributed by atoms with van der Waals surface area (Å²) in [5.74, 6) is 0.143. The van der Waals surface area contributed by atoms with Gasteiger partial charge in [-0.15, -0.1) is 4.80 Å². The summed E-state index contributed by atoms with van der Waals surface area (Å²) in [5.41, 5.74) is 2.97. The van der Waals surface area contributed by atoms with Crippen LogP contribution in [0.2, 0.25) is 0 Å². The fourth-order valence-corrected chi connectivity index (χ4v) is 2.51. The van der Waals surface area contributed by atoms with Gasteiger partial charge in [-0.05, 0) is 24.1 Å². The first-order valence-electron chi connectivity index (χ1n) is 7.68. The zero-order valence-electron chi connectivity index (χ0n) is 14.0. The van der Waals surface area contributed by atoms with Gasteiger partial charge in [0.05, 0.1) is 24.3 Å². The van der Waals surface area contributed by atoms with E-state index in [-0.39, 0.29) is 22.9 Å². The highest BCUT2D eigenvalue weighted by Crippen LogP contribution is 2.36. The van der Waals surface area contributed by atoms with Crippen LogP contribution in [0.25, 0.3) is 17.1 Å². The van der Waals surface area contributed by atoms with Crippen molar-refractivity contribution in [3.63, 3.8) is 0 Å². The Balaban J connectivity index is 2.15. The Labute approximate surface area is 151 Å². The lowest BCUT2D eigenvalue weighted by atomic mass is 9.90. The highest BCUT2D eigenvalue weighted by atomic mass is 19.3. The van der Waals surface area contributed by atoms with Crippen molar-refractivity contribution in [2.75, 3.05) is 5.73 Å². The van der Waals surface area contributed by atoms with Gasteiger partial charge in [-0.1, -0.05) is 12.1 Å². The number of nitrogen functional groups attached to an aromatic ring is 1. The highest BCUT2D eigenvalue weighted by molar-refractivity contribution is 5.66. The van der Waals surface area contributed by atoms with Crippen LogP contribution in [0.15, 0.2) is 36.8 Å². The second-order valence-corrected chi connectivity index (χ2v) is 5.77. The first-order valence-corrected chi connectivity index (χ1v) is 7.68. The van der Waals surface area contributed by atoms with Gasteiger partial charge < -0.3 is 15.9 Å². The molecule has 27 heavy (non-hydrogen) atoms. The van der Waals surface area contributed by atoms with Gasteiger partial charge in [-0.3, -0.25) is 0 Å². The van der Waals surface area contributed by atoms with Crippen LogP contribution in [0.1, 0.15) is 11.1 Å². The molecule has 8 nitrogen and oxygen atoms in total. The number of halogens is 3. The molecule has 0 amide bonds. The Morgan fingerprint density at radius 2 is 1.85 bits per heavy atom. The number of anilines is 1. The third kappa shape index (κ3) is 3.22. The molecule has 0 aliphatic carbocycles. The number of aromatic nitrogens is 5. The van der Waals surface area contributed by atoms with Gasteiger partial charge in [-0.25, -0.2) is 23.1 Å². The zero-order valence-corrected chi connectivity index (χ0v) is 14.0. The predicted octanol–water partition coefficient (Wildman–Crippen LogP) is 1.36. The number of alkyl halides is 3. The van der Waals surface area contributed by atoms with E-state index in [1.54, 1.807) is 6.92 Å². The van der Waals surface area contributed by atoms with Crippen molar-refractivity contribution in [3.8, 4) is 17.1 Å². The van der Waals surface area contributed by atoms with E-state index < -0.39 is 23.9 Å². The van der Waals surface area contributed by atoms with Gasteiger partial charge in [0.2, 0.25) is 17.8 Å². The number of benzene rings is 1. The molecule has 2 heterocycles. The lowest BCUT2D eigenvalue weighted by Gasteiger charge is -2.28. The van der Waals surface area contributed by atoms with Crippen LogP contribution in [-0.4, -0.2) is 48.0 Å². The maximum absolute atomic E-state index is 13.4. The summed E-state index contributed by atoms with van der Waals surface area (Å²) >= 11 is 0. The normalized spacial score (nSPS) is 14.9. The van der Waals surface area contributed by atoms with Gasteiger partial charge >= 0.3 is 0 Å². The molecule has 0 spiro atoms. The van der Waals surface area contributed by atoms with E-state index >= 15 is 0 Å². The lowest BCUT2D eigenvalue weighted by molar-refractivity contribution is -0.211. The van der Waals surface area contributed by atoms with Gasteiger partial charge in [0.15, 0.2) is 5.82 Å². The minimum Gasteiger partial charge on any atom is -0.380 e. The van der Waals surface area contributed by atoms with E-state index in [0.717, 1.165) is 16.9 Å². The minimum atomic E-state index is -3.56. The number of hydrogen-bond acceptors (Lipinski definition) is 7. The summed E-state index contributed by atoms with van der Waals surface area (Å²) in [6.07, 6.45) is -2.64. The number of aliphatic hydroxyl groups is 2. The maximum Gasteiger partial charge on any atom is 0.276 e. The van der Waals surface area contributed by atoms with Gasteiger partial charge in [-0.2, -0.15) is 10.2 Å². The average Bonchev–Trinajstić information content (AvgIpc) is 3.16. The first kappa shape index (κ1) is 18.7. The Morgan fingerprint density at radius 1 is 1.19 bits per heavy atom. The molecule has 1 aromatic carbocycles. The number of hydrogen-bond donors (Lipinski definition) is 3. The van der Waals surface area contributed by atoms with Crippen molar-refractivity contribution in [2.45, 2.75) is 25.3 Å². The topological polar surface area (TPSA) is 123 Å². The second-order valence-electron chi connectivity index (χ2n) is 5.77. The molecule has 0 bridgehead atoms. The maximum atomic E-state index is 13.4. The van der Waals surface area contributed by atoms with Crippen LogP contribution < -0.4 is 5.73 Å². The first-order chi connectivity index (χ1) is 12.7. The van der Waals surface area contributed by atoms with Crippen molar-refractivity contribution in [2.24, 2.45) is 0 Å². The molecule has 0 aliphatic rings. The summed E-state index contributed by atoms with van der Waals surface area (Å²) in [7, 11) is 0. The third-order valence-corrected chi connectivity index (χ3v) is 4.06. The third-order valence-electron chi connectivity index (χ3n) is 4.06. The molecule has 11 heteroatoms. The van der Waals surface area contributed by atoms with Crippen molar-refractivity contribution >= 4 is 5.82 Å².